The van der Waals surface area contributed by atoms with E-state index >= 15 is 0 Å². The first-order chi connectivity index (χ1) is 57.4. The van der Waals surface area contributed by atoms with E-state index in [1.807, 2.05) is 23.5 Å². The average molecular weight is 1600 g/mol. The van der Waals surface area contributed by atoms with Gasteiger partial charge in [-0.25, -0.2) is 0 Å². The number of nitrogens with one attached hydrogen (secondary N) is 1. The molecule has 0 bridgehead atoms. The van der Waals surface area contributed by atoms with Crippen LogP contribution in [0.2, 0.25) is 0 Å². The van der Waals surface area contributed by atoms with Gasteiger partial charge < -0.3 is 10.2 Å². The van der Waals surface area contributed by atoms with Crippen molar-refractivity contribution in [1.29, 1.82) is 0 Å². The molecule has 117 heavy (non-hydrogen) atoms. The number of para-hydroxylation sites is 2. The minimum atomic E-state index is -0.505. The van der Waals surface area contributed by atoms with Gasteiger partial charge in [0.25, 0.3) is 0 Å². The Hall–Kier alpha value is -12.7. The molecule has 18 aromatic rings. The summed E-state index contributed by atoms with van der Waals surface area (Å²) in [5.41, 5.74) is 36.7. The zero-order valence-electron chi connectivity index (χ0n) is 65.2. The summed E-state index contributed by atoms with van der Waals surface area (Å²) in [4.78, 5) is 7.82. The molecule has 6 aliphatic rings. The van der Waals surface area contributed by atoms with Crippen LogP contribution < -0.4 is 10.2 Å². The quantitative estimate of drug-likeness (QED) is 0.171. The van der Waals surface area contributed by atoms with Crippen molar-refractivity contribution in [2.24, 2.45) is 0 Å². The van der Waals surface area contributed by atoms with Crippen LogP contribution in [0.25, 0.3) is 88.3 Å². The van der Waals surface area contributed by atoms with E-state index < -0.39 is 5.41 Å². The number of halogens is 1. The number of benzene rings is 18. The third-order valence-corrected chi connectivity index (χ3v) is 28.5. The van der Waals surface area contributed by atoms with E-state index in [2.05, 4.69) is 454 Å². The molecule has 2 aliphatic heterocycles. The molecule has 4 aliphatic carbocycles. The first-order valence-electron chi connectivity index (χ1n) is 40.5. The maximum absolute atomic E-state index is 3.78. The largest absolute Gasteiger partial charge is 0.355 e. The van der Waals surface area contributed by atoms with E-state index in [1.54, 1.807) is 0 Å². The van der Waals surface area contributed by atoms with Crippen molar-refractivity contribution in [3.8, 4) is 66.8 Å². The number of nitrogens with zero attached hydrogens (tertiary/aromatic N) is 1. The zero-order valence-corrected chi connectivity index (χ0v) is 68.5. The fourth-order valence-corrected chi connectivity index (χ4v) is 23.2. The number of hydrogen-bond acceptors (Lipinski definition) is 4. The van der Waals surface area contributed by atoms with Crippen molar-refractivity contribution in [2.75, 3.05) is 10.2 Å². The lowest BCUT2D eigenvalue weighted by Crippen LogP contribution is -2.32. The van der Waals surface area contributed by atoms with Crippen LogP contribution in [0.5, 0.6) is 0 Å². The normalized spacial score (nSPS) is 14.4. The van der Waals surface area contributed by atoms with Crippen molar-refractivity contribution in [1.82, 2.24) is 0 Å². The SMILES string of the molecule is Brc1ccc2c(c1)C1(c3ccccc3Sc3ccccc31)c1cc3ccccc3cc1-2.CC1(C)c2ccccc2-c2ccc(N(c3ccc4c(c3)C3(c5ccccc5Sc5ccccc53)c3cc5ccccc5cc3-4)c3ccccc3-c3ccccc3)cc21.CC1(C)c2ccccc2-c2ccc(Nc3ccccc3-c3ccccc3)cc21. The molecule has 0 fully saturated rings. The number of anilines is 5. The second kappa shape index (κ2) is 27.8. The van der Waals surface area contributed by atoms with Crippen molar-refractivity contribution < 1.29 is 0 Å². The maximum Gasteiger partial charge on any atom is 0.0736 e. The van der Waals surface area contributed by atoms with Crippen LogP contribution in [0.15, 0.2) is 424 Å². The van der Waals surface area contributed by atoms with E-state index in [9.17, 15) is 0 Å². The standard InChI is InChI=1S/C56H39NS.C29H17BrS.C27H23N/c1-55(2)46-22-10-8-21-42(46)43-30-28-39(34-49(43)55)57(52-25-13-9-20-41(52)36-16-4-3-5-17-36)40-29-31-44-45-32-37-18-6-7-19-38(37)33-50(45)56(51(44)35-40)47-23-11-14-26-53(47)58-54-27-15-12-24-48(54)56;30-20-13-14-21-22-15-18-7-1-2-8-19(18)16-25(22)29(26(21)17-20)23-9-3-5-11-27(23)31-28-12-6-4-10-24(28)29;1-27(2)24-14-8-6-13-22(24)23-17-16-20(18-25(23)27)28-26-15-9-7-12-21(26)19-10-4-3-5-11-19/h3-35H,1-2H3;1-17H;3-18,28H,1-2H3. The van der Waals surface area contributed by atoms with Gasteiger partial charge in [0.2, 0.25) is 0 Å². The monoisotopic (exact) mass is 1590 g/mol. The molecule has 0 unspecified atom stereocenters. The lowest BCUT2D eigenvalue weighted by Gasteiger charge is -2.40. The molecule has 2 heterocycles. The number of hydrogen-bond donors (Lipinski definition) is 1. The maximum atomic E-state index is 3.78. The Morgan fingerprint density at radius 1 is 0.239 bits per heavy atom. The molecule has 0 radical (unpaired) electrons. The topological polar surface area (TPSA) is 15.3 Å². The molecule has 1 N–H and O–H groups in total. The predicted molar refractivity (Wildman–Crippen MR) is 495 cm³/mol. The lowest BCUT2D eigenvalue weighted by atomic mass is 9.67. The van der Waals surface area contributed by atoms with Crippen LogP contribution in [0.3, 0.4) is 0 Å². The van der Waals surface area contributed by atoms with Crippen LogP contribution in [-0.2, 0) is 21.7 Å². The fraction of sp³-hybridized carbons (Fsp3) is 0.0714. The van der Waals surface area contributed by atoms with Crippen LogP contribution in [0.4, 0.5) is 28.4 Å². The van der Waals surface area contributed by atoms with Crippen molar-refractivity contribution >= 4 is 89.4 Å². The van der Waals surface area contributed by atoms with E-state index in [0.29, 0.717) is 0 Å². The predicted octanol–water partition coefficient (Wildman–Crippen LogP) is 30.9. The van der Waals surface area contributed by atoms with Crippen molar-refractivity contribution in [3.63, 3.8) is 0 Å². The van der Waals surface area contributed by atoms with Gasteiger partial charge in [-0.15, -0.1) is 0 Å². The van der Waals surface area contributed by atoms with E-state index in [4.69, 9.17) is 0 Å². The first kappa shape index (κ1) is 70.9. The lowest BCUT2D eigenvalue weighted by molar-refractivity contribution is 0.660. The van der Waals surface area contributed by atoms with Gasteiger partial charge in [0.15, 0.2) is 0 Å². The van der Waals surface area contributed by atoms with Gasteiger partial charge in [-0.3, -0.25) is 0 Å². The second-order valence-corrected chi connectivity index (χ2v) is 35.8. The van der Waals surface area contributed by atoms with Crippen LogP contribution in [-0.4, -0.2) is 0 Å². The molecule has 2 spiro atoms. The summed E-state index contributed by atoms with van der Waals surface area (Å²) in [6.07, 6.45) is 0. The van der Waals surface area contributed by atoms with Crippen LogP contribution >= 0.6 is 39.5 Å². The summed E-state index contributed by atoms with van der Waals surface area (Å²) in [6.45, 7) is 9.39. The molecule has 24 rings (SSSR count). The van der Waals surface area contributed by atoms with Crippen molar-refractivity contribution in [2.45, 2.75) is 68.9 Å². The Morgan fingerprint density at radius 3 is 1.07 bits per heavy atom. The van der Waals surface area contributed by atoms with Crippen LogP contribution in [0, 0.1) is 0 Å². The third kappa shape index (κ3) is 11.1. The van der Waals surface area contributed by atoms with Gasteiger partial charge in [0, 0.05) is 68.8 Å². The van der Waals surface area contributed by atoms with E-state index in [0.717, 1.165) is 32.9 Å². The molecule has 5 heteroatoms. The highest BCUT2D eigenvalue weighted by Crippen LogP contribution is 2.66. The smallest absolute Gasteiger partial charge is 0.0736 e. The Morgan fingerprint density at radius 2 is 0.573 bits per heavy atom. The molecule has 2 nitrogen and oxygen atoms in total. The average Bonchev–Trinajstić information content (AvgIpc) is 1.55. The van der Waals surface area contributed by atoms with Crippen molar-refractivity contribution in [3.05, 3.63) is 472 Å². The van der Waals surface area contributed by atoms with Gasteiger partial charge in [-0.05, 0) is 253 Å². The molecular formula is C112H79BrN2S2. The molecule has 556 valence electrons. The summed E-state index contributed by atoms with van der Waals surface area (Å²) < 4.78 is 1.12. The number of fused-ring (bicyclic) bond motifs is 26. The molecule has 0 atom stereocenters. The molecule has 0 amide bonds. The van der Waals surface area contributed by atoms with E-state index in [-0.39, 0.29) is 16.2 Å². The molecule has 18 aromatic carbocycles. The molecule has 0 saturated heterocycles. The summed E-state index contributed by atoms with van der Waals surface area (Å²) in [6, 6.07) is 148. The Labute approximate surface area is 701 Å². The highest BCUT2D eigenvalue weighted by atomic mass is 79.9. The first-order valence-corrected chi connectivity index (χ1v) is 43.0. The summed E-state index contributed by atoms with van der Waals surface area (Å²) in [5.74, 6) is 0. The summed E-state index contributed by atoms with van der Waals surface area (Å²) in [5, 5.41) is 8.78. The Balaban J connectivity index is 0.000000118. The van der Waals surface area contributed by atoms with Gasteiger partial charge in [0.1, 0.15) is 0 Å². The zero-order chi connectivity index (χ0) is 78.3. The van der Waals surface area contributed by atoms with Gasteiger partial charge in [0.05, 0.1) is 16.5 Å². The molecule has 0 saturated carbocycles. The summed E-state index contributed by atoms with van der Waals surface area (Å²) >= 11 is 7.56. The fourth-order valence-electron chi connectivity index (χ4n) is 20.5. The minimum Gasteiger partial charge on any atom is -0.355 e. The highest BCUT2D eigenvalue weighted by molar-refractivity contribution is 9.10. The van der Waals surface area contributed by atoms with Crippen LogP contribution in [0.1, 0.15) is 94.5 Å². The molecular weight excluding hydrogens is 1520 g/mol. The highest BCUT2D eigenvalue weighted by Gasteiger charge is 2.53. The molecule has 0 aromatic heterocycles. The third-order valence-electron chi connectivity index (χ3n) is 25.7. The Kier molecular flexibility index (Phi) is 16.8. The second-order valence-electron chi connectivity index (χ2n) is 32.7. The Bertz CT molecular complexity index is 7000. The number of rotatable bonds is 7. The van der Waals surface area contributed by atoms with Gasteiger partial charge in [-0.2, -0.15) is 0 Å². The van der Waals surface area contributed by atoms with Gasteiger partial charge in [-0.1, -0.05) is 358 Å². The summed E-state index contributed by atoms with van der Waals surface area (Å²) in [7, 11) is 0. The minimum absolute atomic E-state index is 0.0164. The van der Waals surface area contributed by atoms with Gasteiger partial charge >= 0.3 is 0 Å². The van der Waals surface area contributed by atoms with E-state index in [1.165, 1.54) is 175 Å².